The monoisotopic (exact) mass is 261 g/mol. The summed E-state index contributed by atoms with van der Waals surface area (Å²) in [5, 5.41) is 9.48. The van der Waals surface area contributed by atoms with E-state index in [1.54, 1.807) is 0 Å². The van der Waals surface area contributed by atoms with Crippen molar-refractivity contribution in [3.8, 4) is 0 Å². The minimum absolute atomic E-state index is 0.267. The zero-order chi connectivity index (χ0) is 13.1. The van der Waals surface area contributed by atoms with Gasteiger partial charge < -0.3 is 10.8 Å². The van der Waals surface area contributed by atoms with Crippen molar-refractivity contribution in [3.05, 3.63) is 51.9 Å². The highest BCUT2D eigenvalue weighted by Crippen LogP contribution is 2.31. The molecule has 0 fully saturated rings. The third-order valence-electron chi connectivity index (χ3n) is 2.97. The SMILES string of the molecule is Cc1c(CCc2ccccc2)sc(N)c1C(=O)O. The summed E-state index contributed by atoms with van der Waals surface area (Å²) in [5.74, 6) is -0.938. The maximum atomic E-state index is 11.1. The van der Waals surface area contributed by atoms with Crippen LogP contribution >= 0.6 is 11.3 Å². The summed E-state index contributed by atoms with van der Waals surface area (Å²) < 4.78 is 0. The average Bonchev–Trinajstić information content (AvgIpc) is 2.63. The lowest BCUT2D eigenvalue weighted by atomic mass is 10.1. The minimum Gasteiger partial charge on any atom is -0.478 e. The molecule has 0 saturated carbocycles. The first-order chi connectivity index (χ1) is 8.59. The molecule has 0 spiro atoms. The molecule has 0 aliphatic carbocycles. The van der Waals surface area contributed by atoms with E-state index < -0.39 is 5.97 Å². The predicted molar refractivity (Wildman–Crippen MR) is 74.3 cm³/mol. The molecular formula is C14H15NO2S. The van der Waals surface area contributed by atoms with Crippen LogP contribution in [0.15, 0.2) is 30.3 Å². The molecule has 2 aromatic rings. The summed E-state index contributed by atoms with van der Waals surface area (Å²) in [5.41, 5.74) is 8.07. The predicted octanol–water partition coefficient (Wildman–Crippen LogP) is 3.12. The number of thiophene rings is 1. The van der Waals surface area contributed by atoms with E-state index in [2.05, 4.69) is 12.1 Å². The number of nitrogen functional groups attached to an aromatic ring is 1. The molecule has 3 nitrogen and oxygen atoms in total. The largest absolute Gasteiger partial charge is 0.478 e. The van der Waals surface area contributed by atoms with E-state index in [1.165, 1.54) is 16.9 Å². The third-order valence-corrected chi connectivity index (χ3v) is 4.15. The van der Waals surface area contributed by atoms with Crippen LogP contribution < -0.4 is 5.73 Å². The van der Waals surface area contributed by atoms with E-state index >= 15 is 0 Å². The topological polar surface area (TPSA) is 63.3 Å². The number of hydrogen-bond acceptors (Lipinski definition) is 3. The minimum atomic E-state index is -0.938. The van der Waals surface area contributed by atoms with Gasteiger partial charge in [0.15, 0.2) is 0 Å². The van der Waals surface area contributed by atoms with E-state index in [4.69, 9.17) is 10.8 Å². The van der Waals surface area contributed by atoms with Crippen molar-refractivity contribution >= 4 is 22.3 Å². The summed E-state index contributed by atoms with van der Waals surface area (Å²) >= 11 is 1.39. The number of rotatable bonds is 4. The molecule has 0 atom stereocenters. The Morgan fingerprint density at radius 2 is 1.94 bits per heavy atom. The Morgan fingerprint density at radius 3 is 2.50 bits per heavy atom. The molecule has 4 heteroatoms. The number of carboxylic acid groups (broad SMARTS) is 1. The number of carboxylic acids is 1. The van der Waals surface area contributed by atoms with E-state index in [9.17, 15) is 4.79 Å². The highest BCUT2D eigenvalue weighted by molar-refractivity contribution is 7.16. The zero-order valence-corrected chi connectivity index (χ0v) is 11.0. The van der Waals surface area contributed by atoms with Crippen LogP contribution in [0.5, 0.6) is 0 Å². The molecule has 0 aliphatic heterocycles. The second-order valence-corrected chi connectivity index (χ2v) is 5.32. The number of benzene rings is 1. The number of aromatic carboxylic acids is 1. The first-order valence-electron chi connectivity index (χ1n) is 5.74. The van der Waals surface area contributed by atoms with Gasteiger partial charge in [0.2, 0.25) is 0 Å². The molecule has 1 heterocycles. The van der Waals surface area contributed by atoms with Gasteiger partial charge in [-0.05, 0) is 30.9 Å². The van der Waals surface area contributed by atoms with Crippen LogP contribution in [-0.2, 0) is 12.8 Å². The summed E-state index contributed by atoms with van der Waals surface area (Å²) in [6.07, 6.45) is 1.73. The molecule has 0 amide bonds. The quantitative estimate of drug-likeness (QED) is 0.888. The van der Waals surface area contributed by atoms with Crippen molar-refractivity contribution in [3.63, 3.8) is 0 Å². The highest BCUT2D eigenvalue weighted by atomic mass is 32.1. The van der Waals surface area contributed by atoms with Gasteiger partial charge in [-0.1, -0.05) is 30.3 Å². The number of anilines is 1. The molecular weight excluding hydrogens is 246 g/mol. The fourth-order valence-electron chi connectivity index (χ4n) is 1.99. The maximum absolute atomic E-state index is 11.1. The Labute approximate surface area is 110 Å². The Hall–Kier alpha value is -1.81. The van der Waals surface area contributed by atoms with Crippen molar-refractivity contribution in [1.29, 1.82) is 0 Å². The Balaban J connectivity index is 2.16. The number of hydrogen-bond donors (Lipinski definition) is 2. The van der Waals surface area contributed by atoms with Gasteiger partial charge in [-0.15, -0.1) is 11.3 Å². The van der Waals surface area contributed by atoms with Crippen molar-refractivity contribution in [1.82, 2.24) is 0 Å². The van der Waals surface area contributed by atoms with Gasteiger partial charge in [0.1, 0.15) is 5.00 Å². The van der Waals surface area contributed by atoms with E-state index in [0.717, 1.165) is 23.3 Å². The average molecular weight is 261 g/mol. The van der Waals surface area contributed by atoms with Gasteiger partial charge >= 0.3 is 5.97 Å². The summed E-state index contributed by atoms with van der Waals surface area (Å²) in [6, 6.07) is 10.1. The lowest BCUT2D eigenvalue weighted by Crippen LogP contribution is -2.01. The van der Waals surface area contributed by atoms with Gasteiger partial charge in [-0.3, -0.25) is 0 Å². The molecule has 3 N–H and O–H groups in total. The molecule has 1 aromatic carbocycles. The molecule has 2 rings (SSSR count). The number of aryl methyl sites for hydroxylation is 2. The summed E-state index contributed by atoms with van der Waals surface area (Å²) in [6.45, 7) is 1.83. The van der Waals surface area contributed by atoms with Crippen molar-refractivity contribution in [2.24, 2.45) is 0 Å². The standard InChI is InChI=1S/C14H15NO2S/c1-9-11(18-13(15)12(9)14(16)17)8-7-10-5-3-2-4-6-10/h2-6H,7-8,15H2,1H3,(H,16,17). The molecule has 0 bridgehead atoms. The fourth-order valence-corrected chi connectivity index (χ4v) is 3.06. The van der Waals surface area contributed by atoms with Crippen molar-refractivity contribution in [2.75, 3.05) is 5.73 Å². The maximum Gasteiger partial charge on any atom is 0.338 e. The molecule has 0 aliphatic rings. The summed E-state index contributed by atoms with van der Waals surface area (Å²) in [7, 11) is 0. The normalized spacial score (nSPS) is 10.5. The highest BCUT2D eigenvalue weighted by Gasteiger charge is 2.18. The van der Waals surface area contributed by atoms with Crippen LogP contribution in [0, 0.1) is 6.92 Å². The summed E-state index contributed by atoms with van der Waals surface area (Å²) in [4.78, 5) is 12.1. The van der Waals surface area contributed by atoms with E-state index in [-0.39, 0.29) is 5.56 Å². The van der Waals surface area contributed by atoms with E-state index in [1.807, 2.05) is 25.1 Å². The van der Waals surface area contributed by atoms with Gasteiger partial charge in [-0.25, -0.2) is 4.79 Å². The fraction of sp³-hybridized carbons (Fsp3) is 0.214. The smallest absolute Gasteiger partial charge is 0.338 e. The molecule has 0 radical (unpaired) electrons. The van der Waals surface area contributed by atoms with Crippen LogP contribution in [0.4, 0.5) is 5.00 Å². The second-order valence-electron chi connectivity index (χ2n) is 4.18. The third kappa shape index (κ3) is 2.54. The number of carbonyl (C=O) groups is 1. The Kier molecular flexibility index (Phi) is 3.67. The van der Waals surface area contributed by atoms with Gasteiger partial charge in [-0.2, -0.15) is 0 Å². The molecule has 94 valence electrons. The lowest BCUT2D eigenvalue weighted by molar-refractivity contribution is 0.0697. The number of nitrogens with two attached hydrogens (primary N) is 1. The van der Waals surface area contributed by atoms with Crippen LogP contribution in [-0.4, -0.2) is 11.1 Å². The van der Waals surface area contributed by atoms with Gasteiger partial charge in [0.05, 0.1) is 5.56 Å². The Bertz CT molecular complexity index is 561. The van der Waals surface area contributed by atoms with Crippen molar-refractivity contribution in [2.45, 2.75) is 19.8 Å². The Morgan fingerprint density at radius 1 is 1.28 bits per heavy atom. The first-order valence-corrected chi connectivity index (χ1v) is 6.56. The van der Waals surface area contributed by atoms with Crippen LogP contribution in [0.1, 0.15) is 26.4 Å². The van der Waals surface area contributed by atoms with Crippen LogP contribution in [0.2, 0.25) is 0 Å². The molecule has 0 saturated heterocycles. The van der Waals surface area contributed by atoms with E-state index in [0.29, 0.717) is 5.00 Å². The van der Waals surface area contributed by atoms with Crippen LogP contribution in [0.3, 0.4) is 0 Å². The van der Waals surface area contributed by atoms with Crippen molar-refractivity contribution < 1.29 is 9.90 Å². The first kappa shape index (κ1) is 12.6. The van der Waals surface area contributed by atoms with Crippen LogP contribution in [0.25, 0.3) is 0 Å². The molecule has 0 unspecified atom stereocenters. The van der Waals surface area contributed by atoms with Gasteiger partial charge in [0, 0.05) is 4.88 Å². The molecule has 1 aromatic heterocycles. The van der Waals surface area contributed by atoms with Gasteiger partial charge in [0.25, 0.3) is 0 Å². The second kappa shape index (κ2) is 5.23. The lowest BCUT2D eigenvalue weighted by Gasteiger charge is -2.01. The molecule has 18 heavy (non-hydrogen) atoms. The zero-order valence-electron chi connectivity index (χ0n) is 10.1.